The Morgan fingerprint density at radius 3 is 2.61 bits per heavy atom. The van der Waals surface area contributed by atoms with Gasteiger partial charge >= 0.3 is 5.97 Å². The Morgan fingerprint density at radius 2 is 1.89 bits per heavy atom. The molecular weight excluding hydrogens is 352 g/mol. The number of fused-ring (bicyclic) bond motifs is 5. The Labute approximate surface area is 169 Å². The van der Waals surface area contributed by atoms with Gasteiger partial charge in [0.05, 0.1) is 6.10 Å². The van der Waals surface area contributed by atoms with Crippen molar-refractivity contribution in [3.05, 3.63) is 0 Å². The van der Waals surface area contributed by atoms with Crippen LogP contribution < -0.4 is 0 Å². The summed E-state index contributed by atoms with van der Waals surface area (Å²) in [7, 11) is 0. The first kappa shape index (κ1) is 20.4. The minimum Gasteiger partial charge on any atom is -0.481 e. The lowest BCUT2D eigenvalue weighted by Gasteiger charge is -2.60. The SMILES string of the molecule is C[C@H](CCC(=O)O)[C@@H]1CC[C@@H]2[C@H]3CC[C@H]4C[C@@H](O)CC[C@]4(C)[C@@H]3CC(=O)[C@]21C. The van der Waals surface area contributed by atoms with Gasteiger partial charge in [0.2, 0.25) is 0 Å². The largest absolute Gasteiger partial charge is 0.481 e. The van der Waals surface area contributed by atoms with E-state index in [-0.39, 0.29) is 23.4 Å². The molecule has 0 spiro atoms. The van der Waals surface area contributed by atoms with E-state index in [4.69, 9.17) is 5.11 Å². The van der Waals surface area contributed by atoms with Crippen LogP contribution in [0.1, 0.15) is 85.0 Å². The highest BCUT2D eigenvalue weighted by atomic mass is 16.4. The summed E-state index contributed by atoms with van der Waals surface area (Å²) >= 11 is 0. The number of ketones is 1. The number of carbonyl (C=O) groups is 2. The molecule has 4 saturated carbocycles. The van der Waals surface area contributed by atoms with E-state index in [1.807, 2.05) is 0 Å². The van der Waals surface area contributed by atoms with Crippen molar-refractivity contribution in [2.45, 2.75) is 91.1 Å². The fourth-order valence-electron chi connectivity index (χ4n) is 8.44. The van der Waals surface area contributed by atoms with Gasteiger partial charge in [0, 0.05) is 18.3 Å². The van der Waals surface area contributed by atoms with Crippen LogP contribution in [0.15, 0.2) is 0 Å². The molecule has 0 aliphatic heterocycles. The quantitative estimate of drug-likeness (QED) is 0.730. The van der Waals surface area contributed by atoms with Crippen LogP contribution in [0, 0.1) is 46.3 Å². The standard InChI is InChI=1S/C24H38O4/c1-14(4-9-22(27)28)18-7-8-19-17-6-5-15-12-16(25)10-11-23(15,2)20(17)13-21(26)24(18,19)3/h14-20,25H,4-13H2,1-3H3,(H,27,28)/t14-,15+,16+,17-,18+,19-,20-,23+,24+/m1/s1. The number of hydrogen-bond donors (Lipinski definition) is 2. The monoisotopic (exact) mass is 390 g/mol. The van der Waals surface area contributed by atoms with Crippen LogP contribution in [0.4, 0.5) is 0 Å². The minimum atomic E-state index is -0.729. The van der Waals surface area contributed by atoms with Crippen molar-refractivity contribution < 1.29 is 19.8 Å². The lowest BCUT2D eigenvalue weighted by Crippen LogP contribution is -2.57. The summed E-state index contributed by atoms with van der Waals surface area (Å²) in [5.41, 5.74) is -0.0391. The lowest BCUT2D eigenvalue weighted by molar-refractivity contribution is -0.160. The number of aliphatic carboxylic acids is 1. The van der Waals surface area contributed by atoms with E-state index in [1.165, 1.54) is 12.8 Å². The molecule has 4 rings (SSSR count). The van der Waals surface area contributed by atoms with E-state index in [0.717, 1.165) is 32.1 Å². The van der Waals surface area contributed by atoms with E-state index in [2.05, 4.69) is 20.8 Å². The van der Waals surface area contributed by atoms with Gasteiger partial charge in [0.1, 0.15) is 5.78 Å². The summed E-state index contributed by atoms with van der Waals surface area (Å²) < 4.78 is 0. The molecule has 0 radical (unpaired) electrons. The van der Waals surface area contributed by atoms with Gasteiger partial charge in [0.15, 0.2) is 0 Å². The molecule has 0 bridgehead atoms. The van der Waals surface area contributed by atoms with Crippen LogP contribution in [0.3, 0.4) is 0 Å². The second kappa shape index (κ2) is 7.11. The number of hydrogen-bond acceptors (Lipinski definition) is 3. The predicted octanol–water partition coefficient (Wildman–Crippen LogP) is 4.69. The number of Topliss-reactive ketones (excluding diaryl/α,β-unsaturated/α-hetero) is 1. The molecule has 0 amide bonds. The molecule has 4 aliphatic carbocycles. The number of carboxylic acid groups (broad SMARTS) is 1. The molecule has 0 unspecified atom stereocenters. The zero-order valence-corrected chi connectivity index (χ0v) is 17.8. The normalized spacial score (nSPS) is 49.1. The first-order valence-corrected chi connectivity index (χ1v) is 11.6. The second-order valence-electron chi connectivity index (χ2n) is 11.1. The number of carboxylic acids is 1. The average Bonchev–Trinajstić information content (AvgIpc) is 3.00. The summed E-state index contributed by atoms with van der Waals surface area (Å²) in [5, 5.41) is 19.3. The van der Waals surface area contributed by atoms with Gasteiger partial charge < -0.3 is 10.2 Å². The van der Waals surface area contributed by atoms with Gasteiger partial charge in [-0.2, -0.15) is 0 Å². The molecule has 0 aromatic carbocycles. The maximum atomic E-state index is 13.6. The first-order chi connectivity index (χ1) is 13.2. The van der Waals surface area contributed by atoms with Crippen molar-refractivity contribution in [1.82, 2.24) is 0 Å². The Morgan fingerprint density at radius 1 is 1.14 bits per heavy atom. The van der Waals surface area contributed by atoms with Gasteiger partial charge in [-0.1, -0.05) is 20.8 Å². The summed E-state index contributed by atoms with van der Waals surface area (Å²) in [6.07, 6.45) is 8.96. The van der Waals surface area contributed by atoms with E-state index in [0.29, 0.717) is 54.1 Å². The second-order valence-corrected chi connectivity index (χ2v) is 11.1. The maximum Gasteiger partial charge on any atom is 0.303 e. The highest BCUT2D eigenvalue weighted by Gasteiger charge is 2.63. The smallest absolute Gasteiger partial charge is 0.303 e. The molecule has 0 heterocycles. The molecule has 0 aromatic heterocycles. The fraction of sp³-hybridized carbons (Fsp3) is 0.917. The van der Waals surface area contributed by atoms with Crippen LogP contribution in [-0.4, -0.2) is 28.1 Å². The molecule has 0 aromatic rings. The van der Waals surface area contributed by atoms with Crippen molar-refractivity contribution in [3.8, 4) is 0 Å². The van der Waals surface area contributed by atoms with Crippen LogP contribution >= 0.6 is 0 Å². The molecule has 0 saturated heterocycles. The topological polar surface area (TPSA) is 74.6 Å². The molecule has 158 valence electrons. The molecule has 9 atom stereocenters. The predicted molar refractivity (Wildman–Crippen MR) is 108 cm³/mol. The number of rotatable bonds is 4. The van der Waals surface area contributed by atoms with Gasteiger partial charge in [-0.15, -0.1) is 0 Å². The van der Waals surface area contributed by atoms with E-state index >= 15 is 0 Å². The third kappa shape index (κ3) is 2.97. The van der Waals surface area contributed by atoms with Crippen LogP contribution in [-0.2, 0) is 9.59 Å². The number of aliphatic hydroxyl groups is 1. The molecule has 28 heavy (non-hydrogen) atoms. The average molecular weight is 391 g/mol. The Kier molecular flexibility index (Phi) is 5.17. The Balaban J connectivity index is 1.57. The first-order valence-electron chi connectivity index (χ1n) is 11.6. The lowest BCUT2D eigenvalue weighted by atomic mass is 9.44. The Hall–Kier alpha value is -0.900. The van der Waals surface area contributed by atoms with Crippen molar-refractivity contribution in [2.24, 2.45) is 46.3 Å². The summed E-state index contributed by atoms with van der Waals surface area (Å²) in [5.74, 6) is 2.52. The summed E-state index contributed by atoms with van der Waals surface area (Å²) in [6.45, 7) is 6.81. The van der Waals surface area contributed by atoms with E-state index in [9.17, 15) is 14.7 Å². The molecule has 4 fully saturated rings. The van der Waals surface area contributed by atoms with Gasteiger partial charge in [-0.3, -0.25) is 9.59 Å². The highest BCUT2D eigenvalue weighted by Crippen LogP contribution is 2.67. The molecule has 2 N–H and O–H groups in total. The third-order valence-electron chi connectivity index (χ3n) is 10.1. The van der Waals surface area contributed by atoms with Crippen LogP contribution in [0.2, 0.25) is 0 Å². The fourth-order valence-corrected chi connectivity index (χ4v) is 8.44. The van der Waals surface area contributed by atoms with Gasteiger partial charge in [-0.05, 0) is 92.3 Å². The molecule has 4 aliphatic rings. The zero-order valence-electron chi connectivity index (χ0n) is 17.8. The molecule has 4 heteroatoms. The summed E-state index contributed by atoms with van der Waals surface area (Å²) in [6, 6.07) is 0. The maximum absolute atomic E-state index is 13.6. The molecular formula is C24H38O4. The number of aliphatic hydroxyl groups excluding tert-OH is 1. The summed E-state index contributed by atoms with van der Waals surface area (Å²) in [4.78, 5) is 24.7. The van der Waals surface area contributed by atoms with Crippen molar-refractivity contribution in [1.29, 1.82) is 0 Å². The van der Waals surface area contributed by atoms with Gasteiger partial charge in [-0.25, -0.2) is 0 Å². The van der Waals surface area contributed by atoms with Crippen molar-refractivity contribution in [3.63, 3.8) is 0 Å². The Bertz CT molecular complexity index is 645. The van der Waals surface area contributed by atoms with E-state index < -0.39 is 5.97 Å². The minimum absolute atomic E-state index is 0.148. The van der Waals surface area contributed by atoms with Crippen LogP contribution in [0.5, 0.6) is 0 Å². The van der Waals surface area contributed by atoms with Crippen molar-refractivity contribution >= 4 is 11.8 Å². The van der Waals surface area contributed by atoms with Gasteiger partial charge in [0.25, 0.3) is 0 Å². The third-order valence-corrected chi connectivity index (χ3v) is 10.1. The van der Waals surface area contributed by atoms with E-state index in [1.54, 1.807) is 0 Å². The zero-order chi connectivity index (χ0) is 20.3. The number of carbonyl (C=O) groups excluding carboxylic acids is 1. The van der Waals surface area contributed by atoms with Crippen LogP contribution in [0.25, 0.3) is 0 Å². The molecule has 4 nitrogen and oxygen atoms in total. The highest BCUT2D eigenvalue weighted by molar-refractivity contribution is 5.87. The van der Waals surface area contributed by atoms with Crippen molar-refractivity contribution in [2.75, 3.05) is 0 Å².